The van der Waals surface area contributed by atoms with E-state index in [1.807, 2.05) is 38.1 Å². The molecule has 1 atom stereocenters. The average molecular weight is 540 g/mol. The fourth-order valence-electron chi connectivity index (χ4n) is 3.20. The van der Waals surface area contributed by atoms with E-state index in [4.69, 9.17) is 4.74 Å². The highest BCUT2D eigenvalue weighted by molar-refractivity contribution is 9.10. The first-order valence-electron chi connectivity index (χ1n) is 10.4. The molecule has 10 heteroatoms. The molecule has 0 aromatic heterocycles. The Labute approximate surface area is 204 Å². The number of amides is 2. The van der Waals surface area contributed by atoms with Gasteiger partial charge < -0.3 is 15.0 Å². The molecule has 0 radical (unpaired) electrons. The molecular weight excluding hydrogens is 510 g/mol. The molecule has 2 rings (SSSR count). The summed E-state index contributed by atoms with van der Waals surface area (Å²) in [5.74, 6) is -0.514. The predicted molar refractivity (Wildman–Crippen MR) is 133 cm³/mol. The Bertz CT molecular complexity index is 1070. The number of nitrogens with one attached hydrogen (secondary N) is 1. The third kappa shape index (κ3) is 7.46. The summed E-state index contributed by atoms with van der Waals surface area (Å²) in [5.41, 5.74) is 1.05. The van der Waals surface area contributed by atoms with E-state index in [1.54, 1.807) is 31.2 Å². The van der Waals surface area contributed by atoms with Crippen LogP contribution in [0.5, 0.6) is 5.75 Å². The molecule has 0 aliphatic carbocycles. The number of rotatable bonds is 10. The molecule has 0 fully saturated rings. The van der Waals surface area contributed by atoms with E-state index in [1.165, 1.54) is 12.0 Å². The zero-order valence-electron chi connectivity index (χ0n) is 19.4. The molecule has 180 valence electrons. The lowest BCUT2D eigenvalue weighted by atomic mass is 10.1. The standard InChI is InChI=1S/C23H30BrN3O5S/c1-16(2)25-23(29)17(3)26(14-18-10-12-19(24)13-11-18)22(28)15-27(33(5,30)31)20-8-6-7-9-21(20)32-4/h6-13,16-17H,14-15H2,1-5H3,(H,25,29)/t17-/m0/s1. The van der Waals surface area contributed by atoms with Gasteiger partial charge in [-0.15, -0.1) is 0 Å². The second kappa shape index (κ2) is 11.5. The van der Waals surface area contributed by atoms with Crippen LogP contribution in [0, 0.1) is 0 Å². The summed E-state index contributed by atoms with van der Waals surface area (Å²) in [6.45, 7) is 4.96. The molecule has 2 amide bonds. The number of halogens is 1. The maximum Gasteiger partial charge on any atom is 0.244 e. The third-order valence-corrected chi connectivity index (χ3v) is 6.55. The zero-order chi connectivity index (χ0) is 24.8. The lowest BCUT2D eigenvalue weighted by Gasteiger charge is -2.32. The van der Waals surface area contributed by atoms with Crippen LogP contribution < -0.4 is 14.4 Å². The second-order valence-corrected chi connectivity index (χ2v) is 10.8. The molecule has 0 spiro atoms. The summed E-state index contributed by atoms with van der Waals surface area (Å²) in [7, 11) is -2.39. The summed E-state index contributed by atoms with van der Waals surface area (Å²) in [6, 6.07) is 13.0. The Morgan fingerprint density at radius 2 is 1.67 bits per heavy atom. The first-order chi connectivity index (χ1) is 15.4. The summed E-state index contributed by atoms with van der Waals surface area (Å²) in [4.78, 5) is 27.6. The summed E-state index contributed by atoms with van der Waals surface area (Å²) in [5, 5.41) is 2.81. The van der Waals surface area contributed by atoms with Gasteiger partial charge in [0, 0.05) is 17.1 Å². The van der Waals surface area contributed by atoms with Gasteiger partial charge in [0.1, 0.15) is 18.3 Å². The van der Waals surface area contributed by atoms with Crippen molar-refractivity contribution in [2.75, 3.05) is 24.2 Å². The molecule has 0 heterocycles. The zero-order valence-corrected chi connectivity index (χ0v) is 21.8. The van der Waals surface area contributed by atoms with Gasteiger partial charge in [-0.1, -0.05) is 40.2 Å². The van der Waals surface area contributed by atoms with E-state index < -0.39 is 28.5 Å². The fraction of sp³-hybridized carbons (Fsp3) is 0.391. The summed E-state index contributed by atoms with van der Waals surface area (Å²) in [6.07, 6.45) is 1.03. The Morgan fingerprint density at radius 3 is 2.21 bits per heavy atom. The quantitative estimate of drug-likeness (QED) is 0.500. The van der Waals surface area contributed by atoms with Crippen LogP contribution in [0.15, 0.2) is 53.0 Å². The number of sulfonamides is 1. The smallest absolute Gasteiger partial charge is 0.244 e. The van der Waals surface area contributed by atoms with Crippen molar-refractivity contribution in [3.8, 4) is 5.75 Å². The van der Waals surface area contributed by atoms with E-state index in [-0.39, 0.29) is 24.2 Å². The summed E-state index contributed by atoms with van der Waals surface area (Å²) >= 11 is 3.38. The number of carbonyl (C=O) groups is 2. The van der Waals surface area contributed by atoms with Crippen LogP contribution in [0.2, 0.25) is 0 Å². The van der Waals surface area contributed by atoms with Gasteiger partial charge in [0.25, 0.3) is 0 Å². The number of nitrogens with zero attached hydrogens (tertiary/aromatic N) is 2. The molecule has 0 aliphatic rings. The molecule has 2 aromatic rings. The lowest BCUT2D eigenvalue weighted by Crippen LogP contribution is -2.52. The monoisotopic (exact) mass is 539 g/mol. The van der Waals surface area contributed by atoms with Crippen molar-refractivity contribution >= 4 is 43.5 Å². The van der Waals surface area contributed by atoms with Crippen LogP contribution in [0.4, 0.5) is 5.69 Å². The van der Waals surface area contributed by atoms with Gasteiger partial charge in [-0.2, -0.15) is 0 Å². The number of benzene rings is 2. The topological polar surface area (TPSA) is 96.0 Å². The van der Waals surface area contributed by atoms with Crippen molar-refractivity contribution in [1.29, 1.82) is 0 Å². The number of ether oxygens (including phenoxy) is 1. The highest BCUT2D eigenvalue weighted by Gasteiger charge is 2.31. The summed E-state index contributed by atoms with van der Waals surface area (Å²) < 4.78 is 32.4. The second-order valence-electron chi connectivity index (χ2n) is 7.93. The van der Waals surface area contributed by atoms with Crippen LogP contribution >= 0.6 is 15.9 Å². The first-order valence-corrected chi connectivity index (χ1v) is 13.0. The van der Waals surface area contributed by atoms with Crippen LogP contribution in [-0.4, -0.2) is 57.1 Å². The van der Waals surface area contributed by atoms with Crippen LogP contribution in [0.3, 0.4) is 0 Å². The van der Waals surface area contributed by atoms with Crippen LogP contribution in [0.25, 0.3) is 0 Å². The largest absolute Gasteiger partial charge is 0.495 e. The minimum Gasteiger partial charge on any atom is -0.495 e. The third-order valence-electron chi connectivity index (χ3n) is 4.90. The Kier molecular flexibility index (Phi) is 9.30. The van der Waals surface area contributed by atoms with Crippen molar-refractivity contribution in [1.82, 2.24) is 10.2 Å². The predicted octanol–water partition coefficient (Wildman–Crippen LogP) is 3.17. The van der Waals surface area contributed by atoms with Gasteiger partial charge in [-0.3, -0.25) is 13.9 Å². The van der Waals surface area contributed by atoms with Gasteiger partial charge in [-0.25, -0.2) is 8.42 Å². The SMILES string of the molecule is COc1ccccc1N(CC(=O)N(Cc1ccc(Br)cc1)[C@@H](C)C(=O)NC(C)C)S(C)(=O)=O. The highest BCUT2D eigenvalue weighted by atomic mass is 79.9. The van der Waals surface area contributed by atoms with Gasteiger partial charge in [0.05, 0.1) is 19.1 Å². The number of methoxy groups -OCH3 is 1. The van der Waals surface area contributed by atoms with E-state index in [0.717, 1.165) is 20.6 Å². The molecule has 1 N–H and O–H groups in total. The number of hydrogen-bond acceptors (Lipinski definition) is 5. The molecule has 0 saturated heterocycles. The molecule has 8 nitrogen and oxygen atoms in total. The molecule has 0 aliphatic heterocycles. The number of hydrogen-bond donors (Lipinski definition) is 1. The normalized spacial score (nSPS) is 12.2. The van der Waals surface area contributed by atoms with Crippen molar-refractivity contribution in [3.63, 3.8) is 0 Å². The van der Waals surface area contributed by atoms with Crippen molar-refractivity contribution in [3.05, 3.63) is 58.6 Å². The van der Waals surface area contributed by atoms with E-state index in [9.17, 15) is 18.0 Å². The molecule has 0 bridgehead atoms. The van der Waals surface area contributed by atoms with E-state index in [2.05, 4.69) is 21.2 Å². The Balaban J connectivity index is 2.42. The van der Waals surface area contributed by atoms with Crippen LogP contribution in [-0.2, 0) is 26.2 Å². The van der Waals surface area contributed by atoms with Gasteiger partial charge in [0.15, 0.2) is 0 Å². The Morgan fingerprint density at radius 1 is 1.06 bits per heavy atom. The van der Waals surface area contributed by atoms with Gasteiger partial charge >= 0.3 is 0 Å². The first kappa shape index (κ1) is 26.7. The minimum absolute atomic E-state index is 0.106. The molecular formula is C23H30BrN3O5S. The minimum atomic E-state index is -3.82. The van der Waals surface area contributed by atoms with Crippen molar-refractivity contribution in [2.45, 2.75) is 39.4 Å². The molecule has 2 aromatic carbocycles. The number of anilines is 1. The molecule has 0 saturated carbocycles. The van der Waals surface area contributed by atoms with E-state index in [0.29, 0.717) is 5.75 Å². The molecule has 33 heavy (non-hydrogen) atoms. The maximum atomic E-state index is 13.5. The van der Waals surface area contributed by atoms with Gasteiger partial charge in [-0.05, 0) is 50.6 Å². The van der Waals surface area contributed by atoms with Crippen molar-refractivity contribution < 1.29 is 22.7 Å². The van der Waals surface area contributed by atoms with Gasteiger partial charge in [0.2, 0.25) is 21.8 Å². The molecule has 0 unspecified atom stereocenters. The maximum absolute atomic E-state index is 13.5. The Hall–Kier alpha value is -2.59. The van der Waals surface area contributed by atoms with Crippen molar-refractivity contribution in [2.24, 2.45) is 0 Å². The number of carbonyl (C=O) groups excluding carboxylic acids is 2. The fourth-order valence-corrected chi connectivity index (χ4v) is 4.32. The average Bonchev–Trinajstić information content (AvgIpc) is 2.75. The van der Waals surface area contributed by atoms with Crippen LogP contribution in [0.1, 0.15) is 26.3 Å². The highest BCUT2D eigenvalue weighted by Crippen LogP contribution is 2.29. The number of para-hydroxylation sites is 2. The van der Waals surface area contributed by atoms with E-state index >= 15 is 0 Å². The lowest BCUT2D eigenvalue weighted by molar-refractivity contribution is -0.139.